The van der Waals surface area contributed by atoms with Gasteiger partial charge in [-0.2, -0.15) is 0 Å². The Morgan fingerprint density at radius 3 is 3.00 bits per heavy atom. The van der Waals surface area contributed by atoms with Crippen molar-refractivity contribution >= 4 is 0 Å². The molecule has 0 aliphatic carbocycles. The first kappa shape index (κ1) is 8.14. The third-order valence-corrected chi connectivity index (χ3v) is 1.28. The summed E-state index contributed by atoms with van der Waals surface area (Å²) in [6.07, 6.45) is 1.33. The number of aliphatic hydroxyl groups is 1. The number of aromatic nitrogens is 1. The van der Waals surface area contributed by atoms with Crippen LogP contribution in [-0.2, 0) is 6.42 Å². The summed E-state index contributed by atoms with van der Waals surface area (Å²) < 4.78 is 12.5. The van der Waals surface area contributed by atoms with E-state index >= 15 is 0 Å². The molecule has 0 aliphatic heterocycles. The fraction of sp³-hybridized carbons (Fsp3) is 0.375. The van der Waals surface area contributed by atoms with Crippen molar-refractivity contribution in [2.75, 3.05) is 0 Å². The first-order chi connectivity index (χ1) is 5.18. The van der Waals surface area contributed by atoms with Crippen molar-refractivity contribution in [3.63, 3.8) is 0 Å². The smallest absolute Gasteiger partial charge is 0.126 e. The summed E-state index contributed by atoms with van der Waals surface area (Å²) in [4.78, 5) is 3.88. The summed E-state index contributed by atoms with van der Waals surface area (Å²) in [5.74, 6) is -0.310. The van der Waals surface area contributed by atoms with E-state index in [9.17, 15) is 4.39 Å². The van der Waals surface area contributed by atoms with E-state index in [4.69, 9.17) is 5.11 Å². The summed E-state index contributed by atoms with van der Waals surface area (Å²) in [6, 6.07) is 2.61. The second-order valence-corrected chi connectivity index (χ2v) is 2.52. The van der Waals surface area contributed by atoms with Crippen LogP contribution in [0.1, 0.15) is 12.6 Å². The van der Waals surface area contributed by atoms with Gasteiger partial charge in [-0.15, -0.1) is 0 Å². The molecule has 1 unspecified atom stereocenters. The third-order valence-electron chi connectivity index (χ3n) is 1.28. The highest BCUT2D eigenvalue weighted by molar-refractivity contribution is 5.06. The summed E-state index contributed by atoms with van der Waals surface area (Å²) in [5, 5.41) is 8.93. The Morgan fingerprint density at radius 1 is 1.73 bits per heavy atom. The Balaban J connectivity index is 2.71. The molecule has 1 rings (SSSR count). The van der Waals surface area contributed by atoms with E-state index in [0.29, 0.717) is 12.1 Å². The lowest BCUT2D eigenvalue weighted by Crippen LogP contribution is -2.05. The number of aliphatic hydroxyl groups excluding tert-OH is 1. The van der Waals surface area contributed by atoms with Crippen molar-refractivity contribution < 1.29 is 9.50 Å². The van der Waals surface area contributed by atoms with Crippen LogP contribution in [0.2, 0.25) is 0 Å². The molecule has 0 bridgehead atoms. The third kappa shape index (κ3) is 2.63. The zero-order valence-electron chi connectivity index (χ0n) is 6.29. The second kappa shape index (κ2) is 3.44. The minimum absolute atomic E-state index is 0.310. The molecule has 1 heterocycles. The second-order valence-electron chi connectivity index (χ2n) is 2.52. The molecule has 0 saturated carbocycles. The predicted octanol–water partition coefficient (Wildman–Crippen LogP) is 1.14. The van der Waals surface area contributed by atoms with Gasteiger partial charge in [0.1, 0.15) is 5.82 Å². The Kier molecular flexibility index (Phi) is 2.54. The zero-order chi connectivity index (χ0) is 8.27. The molecule has 0 amide bonds. The maximum atomic E-state index is 12.5. The van der Waals surface area contributed by atoms with E-state index in [1.165, 1.54) is 18.3 Å². The zero-order valence-corrected chi connectivity index (χ0v) is 6.29. The fourth-order valence-electron chi connectivity index (χ4n) is 0.863. The Labute approximate surface area is 64.7 Å². The van der Waals surface area contributed by atoms with E-state index in [1.807, 2.05) is 0 Å². The van der Waals surface area contributed by atoms with Crippen LogP contribution in [0.4, 0.5) is 4.39 Å². The highest BCUT2D eigenvalue weighted by Gasteiger charge is 2.00. The summed E-state index contributed by atoms with van der Waals surface area (Å²) >= 11 is 0. The van der Waals surface area contributed by atoms with E-state index in [0.717, 1.165) is 0 Å². The van der Waals surface area contributed by atoms with Crippen LogP contribution >= 0.6 is 0 Å². The first-order valence-electron chi connectivity index (χ1n) is 3.47. The number of pyridine rings is 1. The minimum Gasteiger partial charge on any atom is -0.393 e. The van der Waals surface area contributed by atoms with Gasteiger partial charge in [0.2, 0.25) is 0 Å². The van der Waals surface area contributed by atoms with Crippen LogP contribution in [-0.4, -0.2) is 16.2 Å². The van der Waals surface area contributed by atoms with Gasteiger partial charge in [0.05, 0.1) is 6.10 Å². The van der Waals surface area contributed by atoms with Gasteiger partial charge in [-0.1, -0.05) is 0 Å². The first-order valence-corrected chi connectivity index (χ1v) is 3.47. The van der Waals surface area contributed by atoms with Crippen molar-refractivity contribution in [1.82, 2.24) is 4.98 Å². The van der Waals surface area contributed by atoms with Crippen molar-refractivity contribution in [3.05, 3.63) is 29.8 Å². The summed E-state index contributed by atoms with van der Waals surface area (Å²) in [7, 11) is 0. The van der Waals surface area contributed by atoms with Crippen LogP contribution in [0.5, 0.6) is 0 Å². The number of halogens is 1. The molecule has 0 aliphatic rings. The standard InChI is InChI=1S/C8H10FNO/c1-6(11)4-8-5-7(9)2-3-10-8/h2-3,5-6,11H,4H2,1H3. The average Bonchev–Trinajstić information content (AvgIpc) is 1.85. The predicted molar refractivity (Wildman–Crippen MR) is 39.6 cm³/mol. The number of nitrogens with zero attached hydrogens (tertiary/aromatic N) is 1. The molecule has 0 spiro atoms. The summed E-state index contributed by atoms with van der Waals surface area (Å²) in [6.45, 7) is 1.65. The Hall–Kier alpha value is -0.960. The van der Waals surface area contributed by atoms with Crippen LogP contribution in [0.3, 0.4) is 0 Å². The molecule has 0 fully saturated rings. The molecular formula is C8H10FNO. The van der Waals surface area contributed by atoms with E-state index in [2.05, 4.69) is 4.98 Å². The Morgan fingerprint density at radius 2 is 2.45 bits per heavy atom. The molecule has 0 saturated heterocycles. The largest absolute Gasteiger partial charge is 0.393 e. The lowest BCUT2D eigenvalue weighted by Gasteiger charge is -2.01. The van der Waals surface area contributed by atoms with Gasteiger partial charge in [-0.05, 0) is 19.1 Å². The maximum Gasteiger partial charge on any atom is 0.126 e. The molecular weight excluding hydrogens is 145 g/mol. The molecule has 11 heavy (non-hydrogen) atoms. The van der Waals surface area contributed by atoms with Crippen molar-refractivity contribution in [2.45, 2.75) is 19.4 Å². The van der Waals surface area contributed by atoms with Gasteiger partial charge in [-0.25, -0.2) is 4.39 Å². The quantitative estimate of drug-likeness (QED) is 0.694. The number of hydrogen-bond donors (Lipinski definition) is 1. The molecule has 3 heteroatoms. The normalized spacial score (nSPS) is 13.0. The number of hydrogen-bond acceptors (Lipinski definition) is 2. The van der Waals surface area contributed by atoms with Crippen LogP contribution < -0.4 is 0 Å². The van der Waals surface area contributed by atoms with Gasteiger partial charge in [0.15, 0.2) is 0 Å². The molecule has 0 aromatic carbocycles. The lowest BCUT2D eigenvalue weighted by molar-refractivity contribution is 0.194. The van der Waals surface area contributed by atoms with Gasteiger partial charge < -0.3 is 5.11 Å². The van der Waals surface area contributed by atoms with Crippen molar-refractivity contribution in [3.8, 4) is 0 Å². The molecule has 1 N–H and O–H groups in total. The molecule has 0 radical (unpaired) electrons. The molecule has 1 atom stereocenters. The van der Waals surface area contributed by atoms with E-state index in [-0.39, 0.29) is 5.82 Å². The summed E-state index contributed by atoms with van der Waals surface area (Å²) in [5.41, 5.74) is 0.583. The van der Waals surface area contributed by atoms with Crippen LogP contribution in [0.25, 0.3) is 0 Å². The van der Waals surface area contributed by atoms with Crippen LogP contribution in [0, 0.1) is 5.82 Å². The fourth-order valence-corrected chi connectivity index (χ4v) is 0.863. The highest BCUT2D eigenvalue weighted by atomic mass is 19.1. The van der Waals surface area contributed by atoms with Gasteiger partial charge in [0.25, 0.3) is 0 Å². The topological polar surface area (TPSA) is 33.1 Å². The van der Waals surface area contributed by atoms with E-state index in [1.54, 1.807) is 6.92 Å². The monoisotopic (exact) mass is 155 g/mol. The highest BCUT2D eigenvalue weighted by Crippen LogP contribution is 2.02. The molecule has 2 nitrogen and oxygen atoms in total. The lowest BCUT2D eigenvalue weighted by atomic mass is 10.2. The molecule has 60 valence electrons. The van der Waals surface area contributed by atoms with Gasteiger partial charge in [0, 0.05) is 18.3 Å². The average molecular weight is 155 g/mol. The van der Waals surface area contributed by atoms with Gasteiger partial charge in [-0.3, -0.25) is 4.98 Å². The van der Waals surface area contributed by atoms with Crippen molar-refractivity contribution in [1.29, 1.82) is 0 Å². The molecule has 1 aromatic rings. The van der Waals surface area contributed by atoms with Gasteiger partial charge >= 0.3 is 0 Å². The van der Waals surface area contributed by atoms with E-state index < -0.39 is 6.10 Å². The SMILES string of the molecule is CC(O)Cc1cc(F)ccn1. The molecule has 1 aromatic heterocycles. The number of rotatable bonds is 2. The van der Waals surface area contributed by atoms with Crippen LogP contribution in [0.15, 0.2) is 18.3 Å². The maximum absolute atomic E-state index is 12.5. The Bertz CT molecular complexity index is 237. The van der Waals surface area contributed by atoms with Crippen molar-refractivity contribution in [2.24, 2.45) is 0 Å². The minimum atomic E-state index is -0.468.